The largest absolute Gasteiger partial charge is 0.387 e. The number of benzene rings is 2. The number of aliphatic hydroxyl groups is 1. The normalized spacial score (nSPS) is 20.9. The van der Waals surface area contributed by atoms with Crippen molar-refractivity contribution < 1.29 is 26.1 Å². The van der Waals surface area contributed by atoms with Crippen LogP contribution in [0.3, 0.4) is 0 Å². The number of alkyl halides is 1. The Morgan fingerprint density at radius 1 is 1.27 bits per heavy atom. The van der Waals surface area contributed by atoms with Crippen LogP contribution in [-0.2, 0) is 9.61 Å². The Morgan fingerprint density at radius 2 is 2.02 bits per heavy atom. The Balaban J connectivity index is 1.62. The van der Waals surface area contributed by atoms with Crippen molar-refractivity contribution in [1.29, 1.82) is 0 Å². The van der Waals surface area contributed by atoms with Gasteiger partial charge in [-0.1, -0.05) is 30.3 Å². The lowest BCUT2D eigenvalue weighted by Gasteiger charge is -2.37. The molecule has 0 spiro atoms. The van der Waals surface area contributed by atoms with Crippen LogP contribution in [0.1, 0.15) is 37.2 Å². The fourth-order valence-electron chi connectivity index (χ4n) is 5.32. The van der Waals surface area contributed by atoms with Crippen LogP contribution in [0.2, 0.25) is 0 Å². The van der Waals surface area contributed by atoms with Gasteiger partial charge in [0.2, 0.25) is 0 Å². The zero-order valence-corrected chi connectivity index (χ0v) is 24.7. The van der Waals surface area contributed by atoms with Crippen molar-refractivity contribution >= 4 is 29.0 Å². The maximum atomic E-state index is 14.9. The maximum Gasteiger partial charge on any atom is 0.318 e. The quantitative estimate of drug-likeness (QED) is 0.254. The van der Waals surface area contributed by atoms with Gasteiger partial charge in [0.15, 0.2) is 0 Å². The SMILES string of the molecule is C[C@@H](COI)NC(=O)N(C[C@@H]1CNC[C@@H]1F)[C@@H](c1nc(-c2cc(F)ccc2F)cn1Cc1ccccc1)C1(O)CC1. The molecule has 0 unspecified atom stereocenters. The first-order valence-electron chi connectivity index (χ1n) is 13.6. The van der Waals surface area contributed by atoms with E-state index in [0.29, 0.717) is 31.8 Å². The Kier molecular flexibility index (Phi) is 9.21. The number of hydrogen-bond donors (Lipinski definition) is 3. The van der Waals surface area contributed by atoms with E-state index in [9.17, 15) is 23.1 Å². The minimum Gasteiger partial charge on any atom is -0.387 e. The molecule has 2 fully saturated rings. The Labute approximate surface area is 251 Å². The smallest absolute Gasteiger partial charge is 0.318 e. The van der Waals surface area contributed by atoms with E-state index in [1.807, 2.05) is 30.3 Å². The molecule has 12 heteroatoms. The van der Waals surface area contributed by atoms with E-state index in [2.05, 4.69) is 10.6 Å². The van der Waals surface area contributed by atoms with Crippen molar-refractivity contribution in [1.82, 2.24) is 25.1 Å². The summed E-state index contributed by atoms with van der Waals surface area (Å²) in [5, 5.41) is 17.6. The number of urea groups is 1. The number of nitrogens with zero attached hydrogens (tertiary/aromatic N) is 3. The number of hydrogen-bond acceptors (Lipinski definition) is 5. The Bertz CT molecular complexity index is 1360. The summed E-state index contributed by atoms with van der Waals surface area (Å²) in [6.45, 7) is 2.91. The van der Waals surface area contributed by atoms with Crippen molar-refractivity contribution in [2.24, 2.45) is 5.92 Å². The van der Waals surface area contributed by atoms with E-state index in [4.69, 9.17) is 8.05 Å². The third-order valence-electron chi connectivity index (χ3n) is 7.67. The summed E-state index contributed by atoms with van der Waals surface area (Å²) in [6, 6.07) is 10.8. The van der Waals surface area contributed by atoms with Gasteiger partial charge in [0, 0.05) is 43.9 Å². The van der Waals surface area contributed by atoms with Crippen LogP contribution in [0.5, 0.6) is 0 Å². The van der Waals surface area contributed by atoms with Crippen LogP contribution in [0.15, 0.2) is 54.7 Å². The molecule has 3 N–H and O–H groups in total. The highest BCUT2D eigenvalue weighted by Gasteiger charge is 2.55. The molecule has 0 bridgehead atoms. The van der Waals surface area contributed by atoms with Crippen LogP contribution in [0.4, 0.5) is 18.0 Å². The first kappa shape index (κ1) is 29.8. The highest BCUT2D eigenvalue weighted by Crippen LogP contribution is 2.49. The predicted molar refractivity (Wildman–Crippen MR) is 156 cm³/mol. The molecule has 8 nitrogen and oxygen atoms in total. The van der Waals surface area contributed by atoms with Gasteiger partial charge in [0.05, 0.1) is 23.9 Å². The molecule has 5 rings (SSSR count). The van der Waals surface area contributed by atoms with Crippen LogP contribution >= 0.6 is 23.0 Å². The molecular formula is C29H33F3IN5O3. The van der Waals surface area contributed by atoms with Gasteiger partial charge >= 0.3 is 6.03 Å². The summed E-state index contributed by atoms with van der Waals surface area (Å²) in [4.78, 5) is 20.0. The second kappa shape index (κ2) is 12.7. The van der Waals surface area contributed by atoms with Crippen molar-refractivity contribution in [3.63, 3.8) is 0 Å². The van der Waals surface area contributed by atoms with Crippen LogP contribution < -0.4 is 10.6 Å². The number of imidazole rings is 1. The first-order valence-corrected chi connectivity index (χ1v) is 14.5. The van der Waals surface area contributed by atoms with Gasteiger partial charge in [0.25, 0.3) is 0 Å². The topological polar surface area (TPSA) is 91.7 Å². The van der Waals surface area contributed by atoms with Crippen LogP contribution in [-0.4, -0.2) is 69.6 Å². The van der Waals surface area contributed by atoms with E-state index < -0.39 is 41.4 Å². The van der Waals surface area contributed by atoms with Gasteiger partial charge in [-0.3, -0.25) is 0 Å². The molecule has 220 valence electrons. The summed E-state index contributed by atoms with van der Waals surface area (Å²) in [5.41, 5.74) is -0.283. The number of aromatic nitrogens is 2. The molecule has 4 atom stereocenters. The van der Waals surface area contributed by atoms with Crippen molar-refractivity contribution in [2.45, 2.75) is 50.2 Å². The Hall–Kier alpha value is -2.68. The lowest BCUT2D eigenvalue weighted by Crippen LogP contribution is -2.52. The molecule has 2 heterocycles. The lowest BCUT2D eigenvalue weighted by molar-refractivity contribution is 0.0290. The standard InChI is InChI=1S/C29H33F3IN5O3/c1-18(17-41-33)35-28(39)38(15-20-12-34-13-24(20)32)26(29(40)9-10-29)27-36-25(22-11-21(30)7-8-23(22)31)16-37(27)14-19-5-3-2-4-6-19/h2-8,11,16,18,20,24,26,34,40H,9-10,12-15,17H2,1H3,(H,35,39)/t18-,20-,24-,26-/m0/s1. The van der Waals surface area contributed by atoms with E-state index in [-0.39, 0.29) is 37.0 Å². The molecule has 2 aromatic carbocycles. The monoisotopic (exact) mass is 683 g/mol. The number of nitrogens with one attached hydrogen (secondary N) is 2. The number of rotatable bonds is 11. The highest BCUT2D eigenvalue weighted by molar-refractivity contribution is 14.1. The summed E-state index contributed by atoms with van der Waals surface area (Å²) >= 11 is 1.75. The van der Waals surface area contributed by atoms with Crippen molar-refractivity contribution in [3.05, 3.63) is 77.8 Å². The van der Waals surface area contributed by atoms with Crippen molar-refractivity contribution in [2.75, 3.05) is 26.2 Å². The molecular weight excluding hydrogens is 650 g/mol. The van der Waals surface area contributed by atoms with Gasteiger partial charge in [-0.15, -0.1) is 0 Å². The fraction of sp³-hybridized carbons (Fsp3) is 0.448. The highest BCUT2D eigenvalue weighted by atomic mass is 127. The third-order valence-corrected chi connectivity index (χ3v) is 8.03. The summed E-state index contributed by atoms with van der Waals surface area (Å²) in [6.07, 6.45) is 1.24. The second-order valence-corrected chi connectivity index (χ2v) is 11.6. The molecule has 0 radical (unpaired) electrons. The third kappa shape index (κ3) is 6.87. The molecule has 41 heavy (non-hydrogen) atoms. The number of carbonyl (C=O) groups is 1. The number of amides is 2. The predicted octanol–water partition coefficient (Wildman–Crippen LogP) is 4.77. The molecule has 1 saturated carbocycles. The molecule has 3 aromatic rings. The summed E-state index contributed by atoms with van der Waals surface area (Å²) in [5.74, 6) is -1.46. The van der Waals surface area contributed by atoms with Gasteiger partial charge < -0.3 is 28.3 Å². The lowest BCUT2D eigenvalue weighted by atomic mass is 10.0. The fourth-order valence-corrected chi connectivity index (χ4v) is 5.86. The zero-order chi connectivity index (χ0) is 29.1. The number of carbonyl (C=O) groups excluding carboxylic acids is 1. The van der Waals surface area contributed by atoms with Gasteiger partial charge in [-0.25, -0.2) is 22.9 Å². The molecule has 1 aliphatic heterocycles. The Morgan fingerprint density at radius 3 is 2.68 bits per heavy atom. The molecule has 1 aromatic heterocycles. The van der Waals surface area contributed by atoms with Gasteiger partial charge in [-0.05, 0) is 43.5 Å². The second-order valence-electron chi connectivity index (χ2n) is 10.9. The van der Waals surface area contributed by atoms with Gasteiger partial charge in [0.1, 0.15) is 52.7 Å². The minimum absolute atomic E-state index is 0.0205. The van der Waals surface area contributed by atoms with Crippen LogP contribution in [0, 0.1) is 17.6 Å². The zero-order valence-electron chi connectivity index (χ0n) is 22.6. The van der Waals surface area contributed by atoms with E-state index in [1.54, 1.807) is 40.7 Å². The van der Waals surface area contributed by atoms with E-state index in [0.717, 1.165) is 23.8 Å². The van der Waals surface area contributed by atoms with E-state index >= 15 is 0 Å². The summed E-state index contributed by atoms with van der Waals surface area (Å²) in [7, 11) is 0. The average Bonchev–Trinajstić information content (AvgIpc) is 3.35. The molecule has 1 aliphatic carbocycles. The summed E-state index contributed by atoms with van der Waals surface area (Å²) < 4.78 is 50.8. The molecule has 1 saturated heterocycles. The van der Waals surface area contributed by atoms with Crippen LogP contribution in [0.25, 0.3) is 11.3 Å². The molecule has 2 amide bonds. The van der Waals surface area contributed by atoms with Crippen molar-refractivity contribution in [3.8, 4) is 11.3 Å². The van der Waals surface area contributed by atoms with E-state index in [1.165, 1.54) is 4.90 Å². The average molecular weight is 684 g/mol. The first-order chi connectivity index (χ1) is 19.7. The van der Waals surface area contributed by atoms with Gasteiger partial charge in [-0.2, -0.15) is 0 Å². The number of halogens is 4. The minimum atomic E-state index is -1.32. The maximum absolute atomic E-state index is 14.9. The molecule has 2 aliphatic rings.